The number of amides is 1. The lowest BCUT2D eigenvalue weighted by atomic mass is 10.0. The van der Waals surface area contributed by atoms with E-state index in [1.54, 1.807) is 0 Å². The fourth-order valence-corrected chi connectivity index (χ4v) is 3.41. The molecule has 1 aliphatic carbocycles. The number of piperazine rings is 1. The molecule has 0 spiro atoms. The lowest BCUT2D eigenvalue weighted by molar-refractivity contribution is -0.116. The van der Waals surface area contributed by atoms with Crippen LogP contribution < -0.4 is 15.5 Å². The Morgan fingerprint density at radius 3 is 2.65 bits per heavy atom. The Labute approximate surface area is 144 Å². The number of nitrogens with one attached hydrogen (secondary N) is 2. The first-order valence-electron chi connectivity index (χ1n) is 8.53. The molecule has 1 aromatic heterocycles. The van der Waals surface area contributed by atoms with E-state index in [0.717, 1.165) is 44.2 Å². The summed E-state index contributed by atoms with van der Waals surface area (Å²) in [4.78, 5) is 18.7. The molecule has 2 heterocycles. The molecule has 2 fully saturated rings. The minimum atomic E-state index is 0. The van der Waals surface area contributed by atoms with Crippen molar-refractivity contribution in [3.05, 3.63) is 18.3 Å². The van der Waals surface area contributed by atoms with Gasteiger partial charge in [0.15, 0.2) is 0 Å². The van der Waals surface area contributed by atoms with Crippen LogP contribution in [0.4, 0.5) is 11.5 Å². The fourth-order valence-electron chi connectivity index (χ4n) is 3.41. The molecule has 128 valence electrons. The minimum absolute atomic E-state index is 0. The van der Waals surface area contributed by atoms with E-state index in [1.165, 1.54) is 25.7 Å². The third-order valence-corrected chi connectivity index (χ3v) is 4.75. The van der Waals surface area contributed by atoms with Gasteiger partial charge in [-0.1, -0.05) is 25.7 Å². The van der Waals surface area contributed by atoms with E-state index in [9.17, 15) is 4.79 Å². The van der Waals surface area contributed by atoms with E-state index in [-0.39, 0.29) is 18.3 Å². The highest BCUT2D eigenvalue weighted by atomic mass is 35.5. The molecule has 1 amide bonds. The van der Waals surface area contributed by atoms with Gasteiger partial charge < -0.3 is 15.5 Å². The second kappa shape index (κ2) is 9.08. The van der Waals surface area contributed by atoms with Gasteiger partial charge in [0.05, 0.1) is 11.9 Å². The molecule has 2 N–H and O–H groups in total. The lowest BCUT2D eigenvalue weighted by Crippen LogP contribution is -2.43. The van der Waals surface area contributed by atoms with Crippen molar-refractivity contribution in [2.45, 2.75) is 38.5 Å². The van der Waals surface area contributed by atoms with Crippen LogP contribution in [-0.2, 0) is 4.79 Å². The molecule has 6 heteroatoms. The van der Waals surface area contributed by atoms with Crippen molar-refractivity contribution in [1.29, 1.82) is 0 Å². The topological polar surface area (TPSA) is 57.3 Å². The zero-order valence-electron chi connectivity index (χ0n) is 13.6. The van der Waals surface area contributed by atoms with E-state index in [4.69, 9.17) is 0 Å². The van der Waals surface area contributed by atoms with Gasteiger partial charge in [-0.05, 0) is 24.5 Å². The molecule has 5 nitrogen and oxygen atoms in total. The highest BCUT2D eigenvalue weighted by Crippen LogP contribution is 2.28. The van der Waals surface area contributed by atoms with Crippen molar-refractivity contribution in [3.8, 4) is 0 Å². The number of carbonyl (C=O) groups is 1. The Morgan fingerprint density at radius 1 is 1.26 bits per heavy atom. The maximum atomic E-state index is 12.0. The third kappa shape index (κ3) is 5.36. The number of carbonyl (C=O) groups excluding carboxylic acids is 1. The van der Waals surface area contributed by atoms with Gasteiger partial charge in [-0.15, -0.1) is 12.4 Å². The number of aromatic nitrogens is 1. The van der Waals surface area contributed by atoms with Gasteiger partial charge in [-0.25, -0.2) is 4.98 Å². The summed E-state index contributed by atoms with van der Waals surface area (Å²) in [7, 11) is 0. The van der Waals surface area contributed by atoms with E-state index >= 15 is 0 Å². The zero-order valence-corrected chi connectivity index (χ0v) is 14.4. The van der Waals surface area contributed by atoms with Crippen LogP contribution >= 0.6 is 12.4 Å². The number of hydrogen-bond acceptors (Lipinski definition) is 4. The zero-order chi connectivity index (χ0) is 15.2. The largest absolute Gasteiger partial charge is 0.368 e. The average molecular weight is 339 g/mol. The Hall–Kier alpha value is -1.33. The van der Waals surface area contributed by atoms with Gasteiger partial charge in [-0.3, -0.25) is 4.79 Å². The number of rotatable bonds is 5. The molecule has 3 rings (SSSR count). The second-order valence-electron chi connectivity index (χ2n) is 6.38. The first-order valence-corrected chi connectivity index (χ1v) is 8.53. The van der Waals surface area contributed by atoms with Crippen molar-refractivity contribution in [2.75, 3.05) is 36.4 Å². The van der Waals surface area contributed by atoms with E-state index < -0.39 is 0 Å². The van der Waals surface area contributed by atoms with E-state index in [0.29, 0.717) is 12.2 Å². The molecule has 0 aromatic carbocycles. The highest BCUT2D eigenvalue weighted by molar-refractivity contribution is 5.89. The molecule has 1 aromatic rings. The van der Waals surface area contributed by atoms with Gasteiger partial charge in [0.1, 0.15) is 5.82 Å². The normalized spacial score (nSPS) is 18.5. The standard InChI is InChI=1S/C17H26N4O.ClH/c22-17(8-5-14-3-1-2-4-14)20-16-7-6-15(13-19-16)21-11-9-18-10-12-21;/h6-7,13-14,18H,1-5,8-12H2,(H,19,20,22);1H. The maximum Gasteiger partial charge on any atom is 0.225 e. The smallest absolute Gasteiger partial charge is 0.225 e. The van der Waals surface area contributed by atoms with Gasteiger partial charge >= 0.3 is 0 Å². The predicted octanol–water partition coefficient (Wildman–Crippen LogP) is 2.82. The van der Waals surface area contributed by atoms with Crippen molar-refractivity contribution < 1.29 is 4.79 Å². The average Bonchev–Trinajstić information content (AvgIpc) is 3.08. The van der Waals surface area contributed by atoms with Crippen LogP contribution in [0.2, 0.25) is 0 Å². The Bertz CT molecular complexity index is 482. The third-order valence-electron chi connectivity index (χ3n) is 4.75. The maximum absolute atomic E-state index is 12.0. The number of hydrogen-bond donors (Lipinski definition) is 2. The van der Waals surface area contributed by atoms with Crippen LogP contribution in [0.3, 0.4) is 0 Å². The fraction of sp³-hybridized carbons (Fsp3) is 0.647. The minimum Gasteiger partial charge on any atom is -0.368 e. The van der Waals surface area contributed by atoms with Crippen LogP contribution in [0, 0.1) is 5.92 Å². The van der Waals surface area contributed by atoms with Crippen molar-refractivity contribution in [1.82, 2.24) is 10.3 Å². The Kier molecular flexibility index (Phi) is 7.12. The Balaban J connectivity index is 0.00000192. The Morgan fingerprint density at radius 2 is 2.00 bits per heavy atom. The van der Waals surface area contributed by atoms with Crippen molar-refractivity contribution >= 4 is 29.8 Å². The monoisotopic (exact) mass is 338 g/mol. The lowest BCUT2D eigenvalue weighted by Gasteiger charge is -2.29. The summed E-state index contributed by atoms with van der Waals surface area (Å²) in [5.41, 5.74) is 1.13. The molecule has 1 saturated heterocycles. The molecular weight excluding hydrogens is 312 g/mol. The quantitative estimate of drug-likeness (QED) is 0.866. The van der Waals surface area contributed by atoms with Gasteiger partial charge in [0, 0.05) is 32.6 Å². The van der Waals surface area contributed by atoms with E-state index in [2.05, 4.69) is 20.5 Å². The van der Waals surface area contributed by atoms with Gasteiger partial charge in [-0.2, -0.15) is 0 Å². The first-order chi connectivity index (χ1) is 10.8. The molecule has 0 unspecified atom stereocenters. The summed E-state index contributed by atoms with van der Waals surface area (Å²) in [6.45, 7) is 4.04. The number of nitrogens with zero attached hydrogens (tertiary/aromatic N) is 2. The second-order valence-corrected chi connectivity index (χ2v) is 6.38. The summed E-state index contributed by atoms with van der Waals surface area (Å²) >= 11 is 0. The molecule has 0 radical (unpaired) electrons. The first kappa shape index (κ1) is 18.0. The summed E-state index contributed by atoms with van der Waals surface area (Å²) < 4.78 is 0. The summed E-state index contributed by atoms with van der Waals surface area (Å²) in [6, 6.07) is 3.95. The molecule has 0 atom stereocenters. The highest BCUT2D eigenvalue weighted by Gasteiger charge is 2.16. The van der Waals surface area contributed by atoms with Crippen LogP contribution in [0.25, 0.3) is 0 Å². The molecule has 0 bridgehead atoms. The van der Waals surface area contributed by atoms with Crippen LogP contribution in [0.15, 0.2) is 18.3 Å². The predicted molar refractivity (Wildman–Crippen MR) is 96.4 cm³/mol. The molecule has 1 saturated carbocycles. The van der Waals surface area contributed by atoms with Gasteiger partial charge in [0.25, 0.3) is 0 Å². The van der Waals surface area contributed by atoms with E-state index in [1.807, 2.05) is 18.3 Å². The molecular formula is C17H27ClN4O. The van der Waals surface area contributed by atoms with Crippen LogP contribution in [0.1, 0.15) is 38.5 Å². The summed E-state index contributed by atoms with van der Waals surface area (Å²) in [6.07, 6.45) is 8.76. The van der Waals surface area contributed by atoms with Crippen molar-refractivity contribution in [2.24, 2.45) is 5.92 Å². The SMILES string of the molecule is Cl.O=C(CCC1CCCC1)Nc1ccc(N2CCNCC2)cn1. The number of anilines is 2. The number of pyridine rings is 1. The molecule has 1 aliphatic heterocycles. The summed E-state index contributed by atoms with van der Waals surface area (Å²) in [5, 5.41) is 6.26. The molecule has 2 aliphatic rings. The van der Waals surface area contributed by atoms with Crippen LogP contribution in [0.5, 0.6) is 0 Å². The van der Waals surface area contributed by atoms with Gasteiger partial charge in [0.2, 0.25) is 5.91 Å². The van der Waals surface area contributed by atoms with Crippen molar-refractivity contribution in [3.63, 3.8) is 0 Å². The van der Waals surface area contributed by atoms with Crippen LogP contribution in [-0.4, -0.2) is 37.1 Å². The number of halogens is 1. The molecule has 23 heavy (non-hydrogen) atoms. The summed E-state index contributed by atoms with van der Waals surface area (Å²) in [5.74, 6) is 1.51.